The van der Waals surface area contributed by atoms with E-state index in [-0.39, 0.29) is 11.5 Å². The van der Waals surface area contributed by atoms with Gasteiger partial charge >= 0.3 is 0 Å². The molecule has 5 nitrogen and oxygen atoms in total. The van der Waals surface area contributed by atoms with Gasteiger partial charge in [-0.3, -0.25) is 9.59 Å². The molecule has 0 fully saturated rings. The van der Waals surface area contributed by atoms with E-state index in [1.165, 1.54) is 6.07 Å². The molecule has 6 heteroatoms. The number of carbonyl (C=O) groups is 1. The molecule has 21 heavy (non-hydrogen) atoms. The van der Waals surface area contributed by atoms with Crippen LogP contribution in [0.3, 0.4) is 0 Å². The van der Waals surface area contributed by atoms with Crippen LogP contribution in [0.15, 0.2) is 47.4 Å². The van der Waals surface area contributed by atoms with Crippen molar-refractivity contribution in [2.45, 2.75) is 19.4 Å². The van der Waals surface area contributed by atoms with Crippen molar-refractivity contribution in [2.24, 2.45) is 0 Å². The van der Waals surface area contributed by atoms with Crippen LogP contribution in [-0.2, 0) is 11.3 Å². The first-order chi connectivity index (χ1) is 10.1. The van der Waals surface area contributed by atoms with Crippen molar-refractivity contribution in [3.63, 3.8) is 0 Å². The van der Waals surface area contributed by atoms with E-state index in [1.807, 2.05) is 0 Å². The van der Waals surface area contributed by atoms with Gasteiger partial charge in [-0.1, -0.05) is 17.7 Å². The molecule has 0 saturated carbocycles. The van der Waals surface area contributed by atoms with Gasteiger partial charge in [0.1, 0.15) is 0 Å². The third-order valence-corrected chi connectivity index (χ3v) is 3.22. The number of amides is 1. The Balaban J connectivity index is 1.85. The first-order valence-corrected chi connectivity index (χ1v) is 6.94. The van der Waals surface area contributed by atoms with Crippen molar-refractivity contribution in [1.29, 1.82) is 0 Å². The first kappa shape index (κ1) is 15.1. The van der Waals surface area contributed by atoms with E-state index in [4.69, 9.17) is 17.3 Å². The van der Waals surface area contributed by atoms with Crippen molar-refractivity contribution in [3.8, 4) is 0 Å². The molecule has 0 unspecified atom stereocenters. The zero-order valence-electron chi connectivity index (χ0n) is 11.4. The lowest BCUT2D eigenvalue weighted by Crippen LogP contribution is -2.19. The average Bonchev–Trinajstić information content (AvgIpc) is 2.44. The van der Waals surface area contributed by atoms with Crippen molar-refractivity contribution in [2.75, 3.05) is 11.1 Å². The van der Waals surface area contributed by atoms with Gasteiger partial charge in [-0.2, -0.15) is 0 Å². The molecule has 1 aromatic heterocycles. The molecule has 2 aromatic rings. The molecular weight excluding hydrogens is 290 g/mol. The molecule has 0 bridgehead atoms. The van der Waals surface area contributed by atoms with Crippen LogP contribution in [0, 0.1) is 0 Å². The first-order valence-electron chi connectivity index (χ1n) is 6.56. The van der Waals surface area contributed by atoms with Gasteiger partial charge in [-0.05, 0) is 30.7 Å². The number of rotatable bonds is 5. The van der Waals surface area contributed by atoms with Crippen LogP contribution in [0.2, 0.25) is 5.02 Å². The van der Waals surface area contributed by atoms with Gasteiger partial charge in [0, 0.05) is 30.3 Å². The van der Waals surface area contributed by atoms with Crippen molar-refractivity contribution in [1.82, 2.24) is 4.57 Å². The number of pyridine rings is 1. The minimum Gasteiger partial charge on any atom is -0.397 e. The fourth-order valence-corrected chi connectivity index (χ4v) is 2.10. The van der Waals surface area contributed by atoms with Crippen LogP contribution >= 0.6 is 11.6 Å². The Morgan fingerprint density at radius 1 is 1.29 bits per heavy atom. The summed E-state index contributed by atoms with van der Waals surface area (Å²) in [5, 5.41) is 3.25. The Hall–Kier alpha value is -2.27. The van der Waals surface area contributed by atoms with Crippen LogP contribution in [0.1, 0.15) is 12.8 Å². The minimum atomic E-state index is -0.145. The normalized spacial score (nSPS) is 10.3. The lowest BCUT2D eigenvalue weighted by molar-refractivity contribution is -0.116. The van der Waals surface area contributed by atoms with Crippen LogP contribution in [0.5, 0.6) is 0 Å². The number of hydrogen-bond acceptors (Lipinski definition) is 3. The third kappa shape index (κ3) is 4.36. The Morgan fingerprint density at radius 2 is 2.10 bits per heavy atom. The lowest BCUT2D eigenvalue weighted by atomic mass is 10.2. The Morgan fingerprint density at radius 3 is 2.81 bits per heavy atom. The minimum absolute atomic E-state index is 0.0696. The maximum Gasteiger partial charge on any atom is 0.250 e. The molecule has 0 radical (unpaired) electrons. The average molecular weight is 306 g/mol. The van der Waals surface area contributed by atoms with Crippen LogP contribution in [-0.4, -0.2) is 10.5 Å². The highest BCUT2D eigenvalue weighted by molar-refractivity contribution is 6.31. The molecule has 0 aliphatic carbocycles. The number of nitrogens with zero attached hydrogens (tertiary/aromatic N) is 1. The number of nitrogens with one attached hydrogen (secondary N) is 1. The van der Waals surface area contributed by atoms with Gasteiger partial charge in [-0.15, -0.1) is 0 Å². The second-order valence-electron chi connectivity index (χ2n) is 4.62. The standard InChI is InChI=1S/C15H16ClN3O2/c16-11-6-7-13(12(17)10-11)18-14(20)4-3-9-19-8-2-1-5-15(19)21/h1-2,5-8,10H,3-4,9,17H2,(H,18,20). The van der Waals surface area contributed by atoms with E-state index in [0.717, 1.165) is 0 Å². The fourth-order valence-electron chi connectivity index (χ4n) is 1.92. The number of hydrogen-bond donors (Lipinski definition) is 2. The molecular formula is C15H16ClN3O2. The summed E-state index contributed by atoms with van der Waals surface area (Å²) >= 11 is 5.79. The lowest BCUT2D eigenvalue weighted by Gasteiger charge is -2.09. The zero-order valence-corrected chi connectivity index (χ0v) is 12.1. The summed E-state index contributed by atoms with van der Waals surface area (Å²) in [6.07, 6.45) is 2.59. The summed E-state index contributed by atoms with van der Waals surface area (Å²) < 4.78 is 1.57. The number of carbonyl (C=O) groups excluding carboxylic acids is 1. The topological polar surface area (TPSA) is 77.1 Å². The summed E-state index contributed by atoms with van der Waals surface area (Å²) in [7, 11) is 0. The van der Waals surface area contributed by atoms with Gasteiger partial charge in [0.2, 0.25) is 11.5 Å². The molecule has 0 saturated heterocycles. The molecule has 1 aromatic carbocycles. The van der Waals surface area contributed by atoms with Crippen LogP contribution in [0.25, 0.3) is 0 Å². The van der Waals surface area contributed by atoms with Crippen molar-refractivity contribution < 1.29 is 4.79 Å². The smallest absolute Gasteiger partial charge is 0.250 e. The number of nitrogen functional groups attached to an aromatic ring is 1. The van der Waals surface area contributed by atoms with Gasteiger partial charge in [-0.25, -0.2) is 0 Å². The third-order valence-electron chi connectivity index (χ3n) is 2.99. The number of aryl methyl sites for hydroxylation is 1. The number of halogens is 1. The second kappa shape index (κ2) is 6.95. The molecule has 0 spiro atoms. The highest BCUT2D eigenvalue weighted by Crippen LogP contribution is 2.22. The van der Waals surface area contributed by atoms with E-state index in [1.54, 1.807) is 41.1 Å². The van der Waals surface area contributed by atoms with E-state index >= 15 is 0 Å². The van der Waals surface area contributed by atoms with Crippen LogP contribution in [0.4, 0.5) is 11.4 Å². The van der Waals surface area contributed by atoms with E-state index in [9.17, 15) is 9.59 Å². The van der Waals surface area contributed by atoms with E-state index in [2.05, 4.69) is 5.32 Å². The monoisotopic (exact) mass is 305 g/mol. The van der Waals surface area contributed by atoms with Gasteiger partial charge in [0.15, 0.2) is 0 Å². The SMILES string of the molecule is Nc1cc(Cl)ccc1NC(=O)CCCn1ccccc1=O. The number of anilines is 2. The largest absolute Gasteiger partial charge is 0.397 e. The highest BCUT2D eigenvalue weighted by atomic mass is 35.5. The van der Waals surface area contributed by atoms with Crippen LogP contribution < -0.4 is 16.6 Å². The molecule has 0 atom stereocenters. The zero-order chi connectivity index (χ0) is 15.2. The van der Waals surface area contributed by atoms with Crippen molar-refractivity contribution >= 4 is 28.9 Å². The number of nitrogens with two attached hydrogens (primary N) is 1. The summed E-state index contributed by atoms with van der Waals surface area (Å²) in [6, 6.07) is 9.88. The van der Waals surface area contributed by atoms with Gasteiger partial charge in [0.25, 0.3) is 0 Å². The molecule has 3 N–H and O–H groups in total. The molecule has 110 valence electrons. The number of aromatic nitrogens is 1. The quantitative estimate of drug-likeness (QED) is 0.833. The molecule has 0 aliphatic heterocycles. The van der Waals surface area contributed by atoms with Gasteiger partial charge in [0.05, 0.1) is 11.4 Å². The fraction of sp³-hybridized carbons (Fsp3) is 0.200. The van der Waals surface area contributed by atoms with E-state index < -0.39 is 0 Å². The molecule has 1 heterocycles. The van der Waals surface area contributed by atoms with Gasteiger partial charge < -0.3 is 15.6 Å². The van der Waals surface area contributed by atoms with Crippen molar-refractivity contribution in [3.05, 3.63) is 58.0 Å². The Bertz CT molecular complexity index is 697. The molecule has 1 amide bonds. The summed E-state index contributed by atoms with van der Waals surface area (Å²) in [6.45, 7) is 0.503. The highest BCUT2D eigenvalue weighted by Gasteiger charge is 2.06. The van der Waals surface area contributed by atoms with E-state index in [0.29, 0.717) is 35.8 Å². The Kier molecular flexibility index (Phi) is 5.00. The summed E-state index contributed by atoms with van der Waals surface area (Å²) in [5.74, 6) is -0.145. The Labute approximate surface area is 127 Å². The number of benzene rings is 1. The second-order valence-corrected chi connectivity index (χ2v) is 5.05. The summed E-state index contributed by atoms with van der Waals surface area (Å²) in [4.78, 5) is 23.3. The molecule has 0 aliphatic rings. The molecule has 2 rings (SSSR count). The maximum atomic E-state index is 11.8. The predicted octanol–water partition coefficient (Wildman–Crippen LogP) is 2.50. The summed E-state index contributed by atoms with van der Waals surface area (Å²) in [5.41, 5.74) is 6.66. The maximum absolute atomic E-state index is 11.8. The predicted molar refractivity (Wildman–Crippen MR) is 84.4 cm³/mol.